The van der Waals surface area contributed by atoms with Gasteiger partial charge in [0.05, 0.1) is 0 Å². The van der Waals surface area contributed by atoms with Gasteiger partial charge in [-0.05, 0) is 24.2 Å². The van der Waals surface area contributed by atoms with Gasteiger partial charge in [-0.25, -0.2) is 0 Å². The smallest absolute Gasteiger partial charge is 0.0145 e. The molecular formula is C12H23Br. The number of halogens is 1. The van der Waals surface area contributed by atoms with Crippen LogP contribution in [0, 0.1) is 17.8 Å². The third-order valence-electron chi connectivity index (χ3n) is 3.89. The van der Waals surface area contributed by atoms with E-state index in [4.69, 9.17) is 0 Å². The van der Waals surface area contributed by atoms with E-state index in [0.29, 0.717) is 4.83 Å². The molecule has 0 bridgehead atoms. The van der Waals surface area contributed by atoms with E-state index in [9.17, 15) is 0 Å². The molecule has 1 aliphatic rings. The van der Waals surface area contributed by atoms with Gasteiger partial charge in [-0.2, -0.15) is 0 Å². The average Bonchev–Trinajstić information content (AvgIpc) is 2.16. The summed E-state index contributed by atoms with van der Waals surface area (Å²) in [5.41, 5.74) is 0. The number of hydrogen-bond acceptors (Lipinski definition) is 0. The minimum atomic E-state index is 0.685. The van der Waals surface area contributed by atoms with E-state index in [1.54, 1.807) is 0 Å². The second-order valence-corrected chi connectivity index (χ2v) is 6.10. The Hall–Kier alpha value is 0.480. The Bertz CT molecular complexity index is 140. The van der Waals surface area contributed by atoms with E-state index >= 15 is 0 Å². The zero-order chi connectivity index (χ0) is 9.84. The van der Waals surface area contributed by atoms with Crippen molar-refractivity contribution in [1.29, 1.82) is 0 Å². The summed E-state index contributed by atoms with van der Waals surface area (Å²) >= 11 is 3.73. The summed E-state index contributed by atoms with van der Waals surface area (Å²) in [5.74, 6) is 2.84. The van der Waals surface area contributed by atoms with Crippen LogP contribution in [0.1, 0.15) is 52.9 Å². The first kappa shape index (κ1) is 11.6. The van der Waals surface area contributed by atoms with Crippen molar-refractivity contribution in [1.82, 2.24) is 0 Å². The summed E-state index contributed by atoms with van der Waals surface area (Å²) < 4.78 is 0. The van der Waals surface area contributed by atoms with Crippen molar-refractivity contribution in [3.8, 4) is 0 Å². The fraction of sp³-hybridized carbons (Fsp3) is 1.00. The van der Waals surface area contributed by atoms with E-state index in [2.05, 4.69) is 36.7 Å². The number of alkyl halides is 1. The molecule has 0 aliphatic heterocycles. The van der Waals surface area contributed by atoms with Crippen molar-refractivity contribution >= 4 is 15.9 Å². The molecular weight excluding hydrogens is 224 g/mol. The lowest BCUT2D eigenvalue weighted by Gasteiger charge is -2.36. The second kappa shape index (κ2) is 5.38. The van der Waals surface area contributed by atoms with Crippen molar-refractivity contribution in [2.24, 2.45) is 17.8 Å². The summed E-state index contributed by atoms with van der Waals surface area (Å²) in [6.07, 6.45) is 7.26. The number of hydrogen-bond donors (Lipinski definition) is 0. The predicted molar refractivity (Wildman–Crippen MR) is 63.3 cm³/mol. The van der Waals surface area contributed by atoms with Gasteiger partial charge in [0.25, 0.3) is 0 Å². The molecule has 0 radical (unpaired) electrons. The lowest BCUT2D eigenvalue weighted by atomic mass is 9.71. The minimum Gasteiger partial charge on any atom is -0.0891 e. The summed E-state index contributed by atoms with van der Waals surface area (Å²) in [6, 6.07) is 0. The van der Waals surface area contributed by atoms with Crippen LogP contribution >= 0.6 is 15.9 Å². The molecule has 1 heteroatoms. The average molecular weight is 247 g/mol. The third kappa shape index (κ3) is 2.97. The van der Waals surface area contributed by atoms with Crippen LogP contribution in [-0.4, -0.2) is 4.83 Å². The van der Waals surface area contributed by atoms with Gasteiger partial charge < -0.3 is 0 Å². The topological polar surface area (TPSA) is 0 Å². The van der Waals surface area contributed by atoms with Crippen molar-refractivity contribution in [3.05, 3.63) is 0 Å². The molecule has 0 saturated heterocycles. The first-order valence-corrected chi connectivity index (χ1v) is 6.72. The molecule has 0 heterocycles. The third-order valence-corrected chi connectivity index (χ3v) is 4.73. The van der Waals surface area contributed by atoms with Crippen LogP contribution in [0.5, 0.6) is 0 Å². The van der Waals surface area contributed by atoms with E-state index in [-0.39, 0.29) is 0 Å². The van der Waals surface area contributed by atoms with Gasteiger partial charge in [0.1, 0.15) is 0 Å². The van der Waals surface area contributed by atoms with E-state index in [1.165, 1.54) is 32.1 Å². The summed E-state index contributed by atoms with van der Waals surface area (Å²) in [4.78, 5) is 0.685. The molecule has 1 fully saturated rings. The van der Waals surface area contributed by atoms with E-state index in [0.717, 1.165) is 17.8 Å². The van der Waals surface area contributed by atoms with Crippen LogP contribution in [-0.2, 0) is 0 Å². The van der Waals surface area contributed by atoms with E-state index in [1.807, 2.05) is 0 Å². The fourth-order valence-corrected chi connectivity index (χ4v) is 3.17. The van der Waals surface area contributed by atoms with Crippen LogP contribution in [0.3, 0.4) is 0 Å². The molecule has 4 atom stereocenters. The molecule has 0 aromatic rings. The summed E-state index contributed by atoms with van der Waals surface area (Å²) in [7, 11) is 0. The van der Waals surface area contributed by atoms with Crippen molar-refractivity contribution < 1.29 is 0 Å². The SMILES string of the molecule is CCC1CCCCC1C(C)C(C)Br. The zero-order valence-electron chi connectivity index (χ0n) is 9.22. The maximum absolute atomic E-state index is 3.73. The van der Waals surface area contributed by atoms with Gasteiger partial charge in [0, 0.05) is 4.83 Å². The largest absolute Gasteiger partial charge is 0.0891 e. The van der Waals surface area contributed by atoms with Crippen molar-refractivity contribution in [2.75, 3.05) is 0 Å². The molecule has 0 N–H and O–H groups in total. The highest BCUT2D eigenvalue weighted by atomic mass is 79.9. The van der Waals surface area contributed by atoms with Gasteiger partial charge in [0.15, 0.2) is 0 Å². The Morgan fingerprint density at radius 3 is 2.38 bits per heavy atom. The minimum absolute atomic E-state index is 0.685. The molecule has 0 aromatic heterocycles. The van der Waals surface area contributed by atoms with Crippen LogP contribution in [0.15, 0.2) is 0 Å². The normalized spacial score (nSPS) is 34.2. The second-order valence-electron chi connectivity index (χ2n) is 4.65. The zero-order valence-corrected chi connectivity index (χ0v) is 10.8. The fourth-order valence-electron chi connectivity index (χ4n) is 2.78. The van der Waals surface area contributed by atoms with Crippen LogP contribution in [0.25, 0.3) is 0 Å². The molecule has 4 unspecified atom stereocenters. The van der Waals surface area contributed by atoms with E-state index < -0.39 is 0 Å². The summed E-state index contributed by atoms with van der Waals surface area (Å²) in [6.45, 7) is 7.07. The highest BCUT2D eigenvalue weighted by Gasteiger charge is 2.29. The molecule has 0 amide bonds. The molecule has 1 saturated carbocycles. The predicted octanol–water partition coefficient (Wildman–Crippen LogP) is 4.62. The van der Waals surface area contributed by atoms with Gasteiger partial charge in [-0.15, -0.1) is 0 Å². The maximum atomic E-state index is 3.73. The Morgan fingerprint density at radius 1 is 1.23 bits per heavy atom. The first-order valence-electron chi connectivity index (χ1n) is 5.80. The van der Waals surface area contributed by atoms with Crippen LogP contribution in [0.2, 0.25) is 0 Å². The molecule has 1 aliphatic carbocycles. The summed E-state index contributed by atoms with van der Waals surface area (Å²) in [5, 5.41) is 0. The van der Waals surface area contributed by atoms with Crippen LogP contribution < -0.4 is 0 Å². The molecule has 0 spiro atoms. The number of rotatable bonds is 3. The standard InChI is InChI=1S/C12H23Br/c1-4-11-7-5-6-8-12(11)9(2)10(3)13/h9-12H,4-8H2,1-3H3. The molecule has 1 rings (SSSR count). The highest BCUT2D eigenvalue weighted by Crippen LogP contribution is 2.39. The monoisotopic (exact) mass is 246 g/mol. The van der Waals surface area contributed by atoms with Crippen molar-refractivity contribution in [2.45, 2.75) is 57.7 Å². The lowest BCUT2D eigenvalue weighted by Crippen LogP contribution is -2.28. The molecule has 0 aromatic carbocycles. The van der Waals surface area contributed by atoms with Gasteiger partial charge in [0.2, 0.25) is 0 Å². The Morgan fingerprint density at radius 2 is 1.85 bits per heavy atom. The first-order chi connectivity index (χ1) is 6.16. The maximum Gasteiger partial charge on any atom is 0.0145 e. The Kier molecular flexibility index (Phi) is 4.78. The molecule has 13 heavy (non-hydrogen) atoms. The highest BCUT2D eigenvalue weighted by molar-refractivity contribution is 9.09. The quantitative estimate of drug-likeness (QED) is 0.638. The molecule has 0 nitrogen and oxygen atoms in total. The lowest BCUT2D eigenvalue weighted by molar-refractivity contribution is 0.167. The Balaban J connectivity index is 2.53. The molecule has 78 valence electrons. The van der Waals surface area contributed by atoms with Gasteiger partial charge in [-0.3, -0.25) is 0 Å². The van der Waals surface area contributed by atoms with Gasteiger partial charge >= 0.3 is 0 Å². The van der Waals surface area contributed by atoms with Gasteiger partial charge in [-0.1, -0.05) is 62.4 Å². The Labute approximate surface area is 91.6 Å². The van der Waals surface area contributed by atoms with Crippen molar-refractivity contribution in [3.63, 3.8) is 0 Å². The van der Waals surface area contributed by atoms with Crippen LogP contribution in [0.4, 0.5) is 0 Å².